The first kappa shape index (κ1) is 12.2. The van der Waals surface area contributed by atoms with Gasteiger partial charge in [-0.2, -0.15) is 0 Å². The lowest BCUT2D eigenvalue weighted by atomic mass is 9.94. The smallest absolute Gasteiger partial charge is 0.0514 e. The summed E-state index contributed by atoms with van der Waals surface area (Å²) in [6.07, 6.45) is 1.02. The molecule has 0 aromatic heterocycles. The molecule has 0 amide bonds. The van der Waals surface area contributed by atoms with Gasteiger partial charge in [0.1, 0.15) is 0 Å². The molecule has 0 saturated heterocycles. The number of benzene rings is 2. The van der Waals surface area contributed by atoms with E-state index in [0.29, 0.717) is 6.04 Å². The molecule has 0 radical (unpaired) electrons. The molecule has 0 aliphatic carbocycles. The third kappa shape index (κ3) is 2.24. The maximum atomic E-state index is 6.22. The van der Waals surface area contributed by atoms with E-state index in [2.05, 4.69) is 66.4 Å². The minimum atomic E-state index is 0.176. The molecule has 2 aromatic carbocycles. The molecule has 2 N–H and O–H groups in total. The van der Waals surface area contributed by atoms with Crippen molar-refractivity contribution in [1.29, 1.82) is 0 Å². The Balaban J connectivity index is 1.97. The van der Waals surface area contributed by atoms with Crippen molar-refractivity contribution in [2.24, 2.45) is 5.73 Å². The van der Waals surface area contributed by atoms with Gasteiger partial charge in [0.05, 0.1) is 6.04 Å². The third-order valence-electron chi connectivity index (χ3n) is 4.08. The maximum Gasteiger partial charge on any atom is 0.0514 e. The molecule has 0 spiro atoms. The zero-order valence-corrected chi connectivity index (χ0v) is 11.3. The summed E-state index contributed by atoms with van der Waals surface area (Å²) >= 11 is 0. The van der Waals surface area contributed by atoms with E-state index in [4.69, 9.17) is 5.73 Å². The molecule has 1 aliphatic rings. The van der Waals surface area contributed by atoms with Gasteiger partial charge in [0.25, 0.3) is 0 Å². The van der Waals surface area contributed by atoms with Gasteiger partial charge >= 0.3 is 0 Å². The Morgan fingerprint density at radius 2 is 1.74 bits per heavy atom. The average molecular weight is 252 g/mol. The molecule has 0 bridgehead atoms. The summed E-state index contributed by atoms with van der Waals surface area (Å²) in [5.41, 5.74) is 10.1. The van der Waals surface area contributed by atoms with Crippen molar-refractivity contribution < 1.29 is 0 Å². The van der Waals surface area contributed by atoms with Crippen molar-refractivity contribution in [2.75, 3.05) is 11.4 Å². The lowest BCUT2D eigenvalue weighted by Gasteiger charge is -2.38. The molecule has 0 fully saturated rings. The second-order valence-electron chi connectivity index (χ2n) is 5.23. The fraction of sp³-hybridized carbons (Fsp3) is 0.294. The Morgan fingerprint density at radius 3 is 2.53 bits per heavy atom. The van der Waals surface area contributed by atoms with Gasteiger partial charge in [0.15, 0.2) is 0 Å². The quantitative estimate of drug-likeness (QED) is 0.883. The molecule has 2 atom stereocenters. The highest BCUT2D eigenvalue weighted by atomic mass is 15.2. The number of anilines is 1. The maximum absolute atomic E-state index is 6.22. The van der Waals surface area contributed by atoms with Crippen molar-refractivity contribution in [3.8, 4) is 0 Å². The van der Waals surface area contributed by atoms with Crippen LogP contribution in [0.5, 0.6) is 0 Å². The fourth-order valence-electron chi connectivity index (χ4n) is 2.93. The van der Waals surface area contributed by atoms with Crippen LogP contribution in [0.1, 0.15) is 36.6 Å². The molecule has 3 rings (SSSR count). The first-order valence-electron chi connectivity index (χ1n) is 6.93. The molecule has 2 aromatic rings. The zero-order chi connectivity index (χ0) is 13.2. The predicted octanol–water partition coefficient (Wildman–Crippen LogP) is 3.66. The van der Waals surface area contributed by atoms with Gasteiger partial charge in [-0.1, -0.05) is 48.5 Å². The highest BCUT2D eigenvalue weighted by molar-refractivity contribution is 5.58. The van der Waals surface area contributed by atoms with Crippen LogP contribution in [0.4, 0.5) is 5.69 Å². The number of fused-ring (bicyclic) bond motifs is 1. The molecule has 2 unspecified atom stereocenters. The summed E-state index contributed by atoms with van der Waals surface area (Å²) in [5, 5.41) is 0. The van der Waals surface area contributed by atoms with Crippen molar-refractivity contribution in [3.63, 3.8) is 0 Å². The highest BCUT2D eigenvalue weighted by Gasteiger charge is 2.25. The Kier molecular flexibility index (Phi) is 3.26. The van der Waals surface area contributed by atoms with Gasteiger partial charge in [-0.15, -0.1) is 0 Å². The summed E-state index contributed by atoms with van der Waals surface area (Å²) in [6, 6.07) is 19.8. The van der Waals surface area contributed by atoms with E-state index in [1.165, 1.54) is 16.8 Å². The summed E-state index contributed by atoms with van der Waals surface area (Å²) in [5.74, 6) is 0. The normalized spacial score (nSPS) is 19.9. The number of para-hydroxylation sites is 1. The van der Waals surface area contributed by atoms with Gasteiger partial charge in [-0.3, -0.25) is 0 Å². The summed E-state index contributed by atoms with van der Waals surface area (Å²) in [7, 11) is 0. The van der Waals surface area contributed by atoms with E-state index in [1.807, 2.05) is 0 Å². The Morgan fingerprint density at radius 1 is 1.05 bits per heavy atom. The van der Waals surface area contributed by atoms with E-state index in [9.17, 15) is 0 Å². The van der Waals surface area contributed by atoms with E-state index in [1.54, 1.807) is 0 Å². The number of hydrogen-bond acceptors (Lipinski definition) is 2. The van der Waals surface area contributed by atoms with Crippen molar-refractivity contribution in [1.82, 2.24) is 0 Å². The van der Waals surface area contributed by atoms with E-state index >= 15 is 0 Å². The summed E-state index contributed by atoms with van der Waals surface area (Å²) < 4.78 is 0. The Hall–Kier alpha value is -1.80. The molecule has 1 heterocycles. The van der Waals surface area contributed by atoms with Crippen LogP contribution in [0.2, 0.25) is 0 Å². The predicted molar refractivity (Wildman–Crippen MR) is 80.2 cm³/mol. The van der Waals surface area contributed by atoms with Gasteiger partial charge in [-0.05, 0) is 30.5 Å². The first-order valence-corrected chi connectivity index (χ1v) is 6.93. The standard InChI is InChI=1S/C17H20N2/c1-13(14-7-3-2-4-8-14)19-12-11-16(18)15-9-5-6-10-17(15)19/h2-10,13,16H,11-12,18H2,1H3. The van der Waals surface area contributed by atoms with Crippen LogP contribution in [0.15, 0.2) is 54.6 Å². The molecule has 2 heteroatoms. The summed E-state index contributed by atoms with van der Waals surface area (Å²) in [6.45, 7) is 3.29. The molecule has 0 saturated carbocycles. The van der Waals surface area contributed by atoms with Gasteiger partial charge in [0.2, 0.25) is 0 Å². The van der Waals surface area contributed by atoms with Gasteiger partial charge < -0.3 is 10.6 Å². The van der Waals surface area contributed by atoms with Crippen molar-refractivity contribution in [2.45, 2.75) is 25.4 Å². The highest BCUT2D eigenvalue weighted by Crippen LogP contribution is 2.37. The Bertz CT molecular complexity index is 550. The van der Waals surface area contributed by atoms with Crippen LogP contribution in [0.25, 0.3) is 0 Å². The number of nitrogens with zero attached hydrogens (tertiary/aromatic N) is 1. The van der Waals surface area contributed by atoms with Crippen molar-refractivity contribution in [3.05, 3.63) is 65.7 Å². The SMILES string of the molecule is CC(c1ccccc1)N1CCC(N)c2ccccc21. The second kappa shape index (κ2) is 5.06. The Labute approximate surface area is 114 Å². The zero-order valence-electron chi connectivity index (χ0n) is 11.3. The average Bonchev–Trinajstić information content (AvgIpc) is 2.48. The van der Waals surface area contributed by atoms with E-state index < -0.39 is 0 Å². The molecular formula is C17H20N2. The van der Waals surface area contributed by atoms with Crippen LogP contribution < -0.4 is 10.6 Å². The van der Waals surface area contributed by atoms with Gasteiger partial charge in [-0.25, -0.2) is 0 Å². The minimum Gasteiger partial charge on any atom is -0.364 e. The topological polar surface area (TPSA) is 29.3 Å². The number of hydrogen-bond donors (Lipinski definition) is 1. The third-order valence-corrected chi connectivity index (χ3v) is 4.08. The molecule has 2 nitrogen and oxygen atoms in total. The second-order valence-corrected chi connectivity index (χ2v) is 5.23. The monoisotopic (exact) mass is 252 g/mol. The number of nitrogens with two attached hydrogens (primary N) is 1. The summed E-state index contributed by atoms with van der Waals surface area (Å²) in [4.78, 5) is 2.47. The van der Waals surface area contributed by atoms with Gasteiger partial charge in [0, 0.05) is 18.3 Å². The van der Waals surface area contributed by atoms with Crippen LogP contribution in [0.3, 0.4) is 0 Å². The van der Waals surface area contributed by atoms with E-state index in [-0.39, 0.29) is 6.04 Å². The van der Waals surface area contributed by atoms with Crippen LogP contribution in [-0.4, -0.2) is 6.54 Å². The molecular weight excluding hydrogens is 232 g/mol. The minimum absolute atomic E-state index is 0.176. The number of rotatable bonds is 2. The molecule has 1 aliphatic heterocycles. The molecule has 98 valence electrons. The van der Waals surface area contributed by atoms with E-state index in [0.717, 1.165) is 13.0 Å². The largest absolute Gasteiger partial charge is 0.364 e. The first-order chi connectivity index (χ1) is 9.27. The lowest BCUT2D eigenvalue weighted by molar-refractivity contribution is 0.553. The van der Waals surface area contributed by atoms with Crippen LogP contribution in [-0.2, 0) is 0 Å². The fourth-order valence-corrected chi connectivity index (χ4v) is 2.93. The molecule has 19 heavy (non-hydrogen) atoms. The van der Waals surface area contributed by atoms with Crippen molar-refractivity contribution >= 4 is 5.69 Å². The van der Waals surface area contributed by atoms with Crippen LogP contribution >= 0.6 is 0 Å². The lowest BCUT2D eigenvalue weighted by Crippen LogP contribution is -2.35. The van der Waals surface area contributed by atoms with Crippen LogP contribution in [0, 0.1) is 0 Å².